The van der Waals surface area contributed by atoms with Gasteiger partial charge in [0, 0.05) is 81.4 Å². The monoisotopic (exact) mass is 1020 g/mol. The van der Waals surface area contributed by atoms with E-state index in [2.05, 4.69) is 103 Å². The van der Waals surface area contributed by atoms with Gasteiger partial charge >= 0.3 is 17.1 Å². The average molecular weight is 1020 g/mol. The van der Waals surface area contributed by atoms with Crippen molar-refractivity contribution in [2.24, 2.45) is 0 Å². The summed E-state index contributed by atoms with van der Waals surface area (Å²) in [5.74, 6) is -2.09. The van der Waals surface area contributed by atoms with Crippen LogP contribution in [0.1, 0.15) is 38.5 Å². The van der Waals surface area contributed by atoms with Crippen LogP contribution in [0.5, 0.6) is 0 Å². The normalized spacial score (nSPS) is 8.29. The molecule has 6 aromatic heterocycles. The van der Waals surface area contributed by atoms with Gasteiger partial charge in [-0.1, -0.05) is 85.6 Å². The van der Waals surface area contributed by atoms with Gasteiger partial charge in [0.15, 0.2) is 0 Å². The van der Waals surface area contributed by atoms with Gasteiger partial charge in [0.2, 0.25) is 0 Å². The van der Waals surface area contributed by atoms with Crippen LogP contribution in [0, 0.1) is 0 Å². The minimum absolute atomic E-state index is 0. The van der Waals surface area contributed by atoms with Crippen molar-refractivity contribution in [1.82, 2.24) is 29.9 Å². The summed E-state index contributed by atoms with van der Waals surface area (Å²) in [6.45, 7) is 0. The van der Waals surface area contributed by atoms with Gasteiger partial charge in [0.05, 0.1) is 33.1 Å². The van der Waals surface area contributed by atoms with Crippen molar-refractivity contribution in [3.8, 4) is 0 Å². The van der Waals surface area contributed by atoms with Crippen LogP contribution < -0.4 is 10.2 Å². The molecule has 28 N–H and O–H groups in total. The van der Waals surface area contributed by atoms with E-state index in [1.165, 1.54) is 0 Å². The largest absolute Gasteiger partial charge is 2.00 e. The zero-order valence-corrected chi connectivity index (χ0v) is 37.9. The first-order valence-corrected chi connectivity index (χ1v) is 17.6. The summed E-state index contributed by atoms with van der Waals surface area (Å²) in [6, 6.07) is 36.4. The standard InChI is InChI=1S/3C12H8N2.C8H14O4.Fe.14H2O/c3*1-3-9-5-6-10-4-2-8-14-12(10)11(9)13-7-1;9-7(10)5-3-1-2-4-6-8(11)12;;;;;;;;;;;;;;;/h3*1-8H;1-6H2,(H,9,10)(H,11,12);;14*1H2/q;;;;+2;;;;;;;;;;;;;;/p-2. The molecule has 0 saturated carbocycles. The fraction of sp³-hybridized carbons (Fsp3) is 0.136. The molecule has 0 fully saturated rings. The second-order valence-electron chi connectivity index (χ2n) is 12.3. The van der Waals surface area contributed by atoms with Gasteiger partial charge in [0.1, 0.15) is 0 Å². The first kappa shape index (κ1) is 85.3. The number of nitrogens with zero attached hydrogens (tertiary/aromatic N) is 6. The number of carboxylic acid groups (broad SMARTS) is 2. The summed E-state index contributed by atoms with van der Waals surface area (Å²) in [4.78, 5) is 45.9. The number of carbonyl (C=O) groups excluding carboxylic acids is 2. The van der Waals surface area contributed by atoms with Crippen molar-refractivity contribution in [1.29, 1.82) is 0 Å². The molecule has 0 unspecified atom stereocenters. The molecule has 0 radical (unpaired) electrons. The van der Waals surface area contributed by atoms with Crippen molar-refractivity contribution in [3.63, 3.8) is 0 Å². The molecule has 0 aliphatic rings. The first-order chi connectivity index (χ1) is 26.5. The molecule has 0 spiro atoms. The van der Waals surface area contributed by atoms with Crippen LogP contribution >= 0.6 is 0 Å². The summed E-state index contributed by atoms with van der Waals surface area (Å²) in [7, 11) is 0. The second-order valence-corrected chi connectivity index (χ2v) is 12.3. The number of rotatable bonds is 7. The fourth-order valence-electron chi connectivity index (χ4n) is 5.93. The van der Waals surface area contributed by atoms with Gasteiger partial charge < -0.3 is 96.5 Å². The molecule has 9 rings (SSSR count). The van der Waals surface area contributed by atoms with Crippen LogP contribution in [0.25, 0.3) is 65.4 Å². The van der Waals surface area contributed by atoms with E-state index in [1.807, 2.05) is 36.4 Å². The van der Waals surface area contributed by atoms with Gasteiger partial charge in [-0.2, -0.15) is 0 Å². The van der Waals surface area contributed by atoms with Crippen molar-refractivity contribution < 1.29 is 114 Å². The summed E-state index contributed by atoms with van der Waals surface area (Å²) < 4.78 is 0. The Balaban J connectivity index is -0.0000000786. The maximum absolute atomic E-state index is 9.92. The SMILES string of the molecule is O.O.O.O.O.O.O.O.O.O.O.O.O.O.O=C([O-])CCCCCCC(=O)[O-].[Fe+2].c1cnc2c(c1)ccc1cccnc12.c1cnc2c(c1)ccc1cccnc12.c1cnc2c(c1)ccc1cccnc12. The molecule has 69 heavy (non-hydrogen) atoms. The van der Waals surface area contributed by atoms with Crippen LogP contribution in [0.4, 0.5) is 0 Å². The molecule has 386 valence electrons. The Hall–Kier alpha value is -6.98. The van der Waals surface area contributed by atoms with Gasteiger partial charge in [-0.25, -0.2) is 0 Å². The third kappa shape index (κ3) is 23.5. The van der Waals surface area contributed by atoms with Crippen LogP contribution in [0.3, 0.4) is 0 Å². The summed E-state index contributed by atoms with van der Waals surface area (Å²) in [6.07, 6.45) is 13.5. The van der Waals surface area contributed by atoms with Crippen molar-refractivity contribution in [3.05, 3.63) is 146 Å². The number of benzene rings is 3. The number of hydrogen-bond donors (Lipinski definition) is 0. The molecule has 9 aromatic rings. The number of unbranched alkanes of at least 4 members (excludes halogenated alkanes) is 3. The van der Waals surface area contributed by atoms with E-state index in [0.29, 0.717) is 12.8 Å². The second kappa shape index (κ2) is 43.6. The number of aromatic nitrogens is 6. The predicted octanol–water partition coefficient (Wildman–Crippen LogP) is -4.37. The van der Waals surface area contributed by atoms with E-state index < -0.39 is 11.9 Å². The zero-order chi connectivity index (χ0) is 37.5. The van der Waals surface area contributed by atoms with Crippen LogP contribution in [0.15, 0.2) is 146 Å². The maximum Gasteiger partial charge on any atom is 2.00 e. The van der Waals surface area contributed by atoms with Crippen LogP contribution in [-0.4, -0.2) is 119 Å². The molecular weight excluding hydrogens is 956 g/mol. The summed E-state index contributed by atoms with van der Waals surface area (Å²) in [5, 5.41) is 26.7. The quantitative estimate of drug-likeness (QED) is 0.0839. The number of carbonyl (C=O) groups is 2. The predicted molar refractivity (Wildman–Crippen MR) is 259 cm³/mol. The smallest absolute Gasteiger partial charge is 0.550 e. The Bertz CT molecular complexity index is 2270. The summed E-state index contributed by atoms with van der Waals surface area (Å²) in [5.41, 5.74) is 5.86. The Morgan fingerprint density at radius 3 is 0.594 bits per heavy atom. The van der Waals surface area contributed by atoms with Crippen molar-refractivity contribution in [2.75, 3.05) is 0 Å². The molecule has 0 aliphatic carbocycles. The topological polar surface area (TPSA) is 599 Å². The Morgan fingerprint density at radius 1 is 0.290 bits per heavy atom. The molecule has 0 aliphatic heterocycles. The Labute approximate surface area is 404 Å². The first-order valence-electron chi connectivity index (χ1n) is 17.6. The van der Waals surface area contributed by atoms with Gasteiger partial charge in [-0.15, -0.1) is 0 Å². The minimum atomic E-state index is -1.05. The number of pyridine rings is 6. The molecule has 6 heterocycles. The number of hydrogen-bond acceptors (Lipinski definition) is 10. The van der Waals surface area contributed by atoms with E-state index in [9.17, 15) is 19.8 Å². The molecular formula is C44H64FeN6O18. The van der Waals surface area contributed by atoms with Gasteiger partial charge in [-0.3, -0.25) is 29.9 Å². The number of fused-ring (bicyclic) bond motifs is 9. The fourth-order valence-corrected chi connectivity index (χ4v) is 5.93. The number of carboxylic acids is 2. The van der Waals surface area contributed by atoms with Crippen molar-refractivity contribution >= 4 is 77.4 Å². The van der Waals surface area contributed by atoms with E-state index in [-0.39, 0.29) is 107 Å². The zero-order valence-electron chi connectivity index (χ0n) is 36.8. The Kier molecular flexibility index (Phi) is 53.9. The van der Waals surface area contributed by atoms with E-state index >= 15 is 0 Å². The van der Waals surface area contributed by atoms with E-state index in [4.69, 9.17) is 0 Å². The molecule has 25 heteroatoms. The minimum Gasteiger partial charge on any atom is -0.550 e. The third-order valence-electron chi connectivity index (χ3n) is 8.55. The molecule has 3 aromatic carbocycles. The van der Waals surface area contributed by atoms with E-state index in [1.54, 1.807) is 37.2 Å². The number of aliphatic carboxylic acids is 2. The average Bonchev–Trinajstić information content (AvgIpc) is 3.22. The molecule has 0 bridgehead atoms. The van der Waals surface area contributed by atoms with Crippen molar-refractivity contribution in [2.45, 2.75) is 38.5 Å². The molecule has 0 atom stereocenters. The van der Waals surface area contributed by atoms with Gasteiger partial charge in [0.25, 0.3) is 0 Å². The molecule has 24 nitrogen and oxygen atoms in total. The summed E-state index contributed by atoms with van der Waals surface area (Å²) >= 11 is 0. The van der Waals surface area contributed by atoms with Crippen LogP contribution in [-0.2, 0) is 26.7 Å². The molecule has 0 amide bonds. The van der Waals surface area contributed by atoms with Gasteiger partial charge in [-0.05, 0) is 62.1 Å². The maximum atomic E-state index is 9.92. The Morgan fingerprint density at radius 2 is 0.449 bits per heavy atom. The third-order valence-corrected chi connectivity index (χ3v) is 8.55. The van der Waals surface area contributed by atoms with Crippen LogP contribution in [0.2, 0.25) is 0 Å². The van der Waals surface area contributed by atoms with E-state index in [0.717, 1.165) is 78.3 Å². The molecule has 0 saturated heterocycles.